The van der Waals surface area contributed by atoms with Crippen LogP contribution in [0.2, 0.25) is 0 Å². The monoisotopic (exact) mass is 579 g/mol. The normalized spacial score (nSPS) is 12.1. The Bertz CT molecular complexity index is 1400. The van der Waals surface area contributed by atoms with Crippen LogP contribution < -0.4 is 14.4 Å². The van der Waals surface area contributed by atoms with Gasteiger partial charge in [0.05, 0.1) is 17.7 Å². The summed E-state index contributed by atoms with van der Waals surface area (Å²) in [5, 5.41) is 2.94. The van der Waals surface area contributed by atoms with Crippen LogP contribution in [0.1, 0.15) is 43.9 Å². The Morgan fingerprint density at radius 3 is 2.07 bits per heavy atom. The van der Waals surface area contributed by atoms with Gasteiger partial charge in [0.1, 0.15) is 18.3 Å². The van der Waals surface area contributed by atoms with Crippen LogP contribution in [0.15, 0.2) is 77.7 Å². The molecule has 9 heteroatoms. The molecule has 0 aliphatic heterocycles. The van der Waals surface area contributed by atoms with Gasteiger partial charge in [-0.3, -0.25) is 13.9 Å². The number of amides is 2. The molecule has 0 aromatic heterocycles. The number of carbonyl (C=O) groups is 2. The highest BCUT2D eigenvalue weighted by molar-refractivity contribution is 7.92. The number of hydrogen-bond acceptors (Lipinski definition) is 5. The van der Waals surface area contributed by atoms with Gasteiger partial charge in [0.2, 0.25) is 11.8 Å². The zero-order valence-electron chi connectivity index (χ0n) is 24.8. The molecule has 41 heavy (non-hydrogen) atoms. The van der Waals surface area contributed by atoms with Crippen LogP contribution in [0.5, 0.6) is 5.75 Å². The molecule has 3 aromatic carbocycles. The summed E-state index contributed by atoms with van der Waals surface area (Å²) in [6.45, 7) is 9.73. The number of nitrogens with zero attached hydrogens (tertiary/aromatic N) is 2. The number of rotatable bonds is 13. The van der Waals surface area contributed by atoms with Gasteiger partial charge < -0.3 is 15.0 Å². The summed E-state index contributed by atoms with van der Waals surface area (Å²) in [5.74, 6) is 0.152. The average molecular weight is 580 g/mol. The van der Waals surface area contributed by atoms with E-state index in [2.05, 4.69) is 5.32 Å². The fraction of sp³-hybridized carbons (Fsp3) is 0.375. The molecule has 1 atom stereocenters. The minimum absolute atomic E-state index is 0.0791. The first-order valence-electron chi connectivity index (χ1n) is 13.8. The predicted molar refractivity (Wildman–Crippen MR) is 162 cm³/mol. The number of ether oxygens (including phenoxy) is 1. The molecule has 2 amide bonds. The Hall–Kier alpha value is -3.85. The van der Waals surface area contributed by atoms with E-state index in [-0.39, 0.29) is 23.3 Å². The molecule has 3 aromatic rings. The molecule has 0 fully saturated rings. The fourth-order valence-electron chi connectivity index (χ4n) is 4.61. The second kappa shape index (κ2) is 14.2. The molecule has 0 saturated carbocycles. The predicted octanol–water partition coefficient (Wildman–Crippen LogP) is 5.09. The van der Waals surface area contributed by atoms with Crippen LogP contribution in [0.4, 0.5) is 5.69 Å². The Morgan fingerprint density at radius 1 is 0.927 bits per heavy atom. The van der Waals surface area contributed by atoms with Crippen molar-refractivity contribution in [3.05, 3.63) is 89.5 Å². The lowest BCUT2D eigenvalue weighted by Crippen LogP contribution is -2.52. The zero-order chi connectivity index (χ0) is 30.2. The number of benzene rings is 3. The van der Waals surface area contributed by atoms with Crippen molar-refractivity contribution in [2.24, 2.45) is 5.92 Å². The van der Waals surface area contributed by atoms with Gasteiger partial charge in [-0.1, -0.05) is 57.2 Å². The average Bonchev–Trinajstić information content (AvgIpc) is 2.94. The first-order valence-corrected chi connectivity index (χ1v) is 15.3. The Labute approximate surface area is 244 Å². The van der Waals surface area contributed by atoms with E-state index in [0.29, 0.717) is 24.4 Å². The van der Waals surface area contributed by atoms with E-state index in [9.17, 15) is 18.0 Å². The largest absolute Gasteiger partial charge is 0.497 e. The maximum atomic E-state index is 14.2. The topological polar surface area (TPSA) is 96.0 Å². The molecule has 220 valence electrons. The molecule has 0 heterocycles. The standard InChI is InChI=1S/C32H41N3O5S/c1-7-30(32(37)33-20-23(2)3)34(21-26-13-15-28(40-6)16-14-26)31(36)22-35(27-18-24(4)17-25(5)19-27)41(38,39)29-11-9-8-10-12-29/h8-19,23,30H,7,20-22H2,1-6H3,(H,33,37)/t30-/m0/s1. The summed E-state index contributed by atoms with van der Waals surface area (Å²) in [6, 6.07) is 20.0. The lowest BCUT2D eigenvalue weighted by Gasteiger charge is -2.33. The van der Waals surface area contributed by atoms with Crippen molar-refractivity contribution in [2.45, 2.75) is 58.5 Å². The van der Waals surface area contributed by atoms with Gasteiger partial charge in [0.15, 0.2) is 0 Å². The van der Waals surface area contributed by atoms with E-state index in [1.807, 2.05) is 52.8 Å². The summed E-state index contributed by atoms with van der Waals surface area (Å²) in [6.07, 6.45) is 0.362. The molecule has 0 saturated heterocycles. The number of methoxy groups -OCH3 is 1. The quantitative estimate of drug-likeness (QED) is 0.305. The van der Waals surface area contributed by atoms with Gasteiger partial charge in [-0.15, -0.1) is 0 Å². The summed E-state index contributed by atoms with van der Waals surface area (Å²) >= 11 is 0. The van der Waals surface area contributed by atoms with Gasteiger partial charge in [-0.25, -0.2) is 8.42 Å². The van der Waals surface area contributed by atoms with Crippen LogP contribution in [-0.2, 0) is 26.2 Å². The molecule has 0 aliphatic rings. The SMILES string of the molecule is CC[C@@H](C(=O)NCC(C)C)N(Cc1ccc(OC)cc1)C(=O)CN(c1cc(C)cc(C)c1)S(=O)(=O)c1ccccc1. The number of hydrogen-bond donors (Lipinski definition) is 1. The third kappa shape index (κ3) is 8.33. The van der Waals surface area contributed by atoms with E-state index >= 15 is 0 Å². The second-order valence-electron chi connectivity index (χ2n) is 10.6. The molecule has 0 bridgehead atoms. The summed E-state index contributed by atoms with van der Waals surface area (Å²) in [7, 11) is -2.53. The second-order valence-corrected chi connectivity index (χ2v) is 12.5. The maximum Gasteiger partial charge on any atom is 0.264 e. The van der Waals surface area contributed by atoms with E-state index in [1.165, 1.54) is 17.0 Å². The van der Waals surface area contributed by atoms with Crippen molar-refractivity contribution in [1.82, 2.24) is 10.2 Å². The highest BCUT2D eigenvalue weighted by atomic mass is 32.2. The molecule has 0 spiro atoms. The van der Waals surface area contributed by atoms with Crippen LogP contribution in [-0.4, -0.2) is 51.4 Å². The number of nitrogens with one attached hydrogen (secondary N) is 1. The van der Waals surface area contributed by atoms with Crippen LogP contribution in [0.3, 0.4) is 0 Å². The Balaban J connectivity index is 2.06. The number of aryl methyl sites for hydroxylation is 2. The van der Waals surface area contributed by atoms with E-state index in [4.69, 9.17) is 4.74 Å². The van der Waals surface area contributed by atoms with Gasteiger partial charge >= 0.3 is 0 Å². The lowest BCUT2D eigenvalue weighted by atomic mass is 10.1. The molecular weight excluding hydrogens is 538 g/mol. The van der Waals surface area contributed by atoms with Crippen LogP contribution >= 0.6 is 0 Å². The van der Waals surface area contributed by atoms with Crippen molar-refractivity contribution in [3.8, 4) is 5.75 Å². The molecule has 0 unspecified atom stereocenters. The number of carbonyl (C=O) groups excluding carboxylic acids is 2. The number of sulfonamides is 1. The van der Waals surface area contributed by atoms with Crippen LogP contribution in [0, 0.1) is 19.8 Å². The Kier molecular flexibility index (Phi) is 10.9. The fourth-order valence-corrected chi connectivity index (χ4v) is 6.03. The van der Waals surface area contributed by atoms with Gasteiger partial charge in [-0.2, -0.15) is 0 Å². The molecule has 8 nitrogen and oxygen atoms in total. The summed E-state index contributed by atoms with van der Waals surface area (Å²) < 4.78 is 34.3. The smallest absolute Gasteiger partial charge is 0.264 e. The van der Waals surface area contributed by atoms with E-state index in [1.54, 1.807) is 49.6 Å². The molecular formula is C32H41N3O5S. The third-order valence-corrected chi connectivity index (χ3v) is 8.48. The first-order chi connectivity index (χ1) is 19.5. The van der Waals surface area contributed by atoms with Crippen molar-refractivity contribution < 1.29 is 22.7 Å². The highest BCUT2D eigenvalue weighted by Gasteiger charge is 2.33. The van der Waals surface area contributed by atoms with E-state index in [0.717, 1.165) is 21.0 Å². The molecule has 1 N–H and O–H groups in total. The zero-order valence-corrected chi connectivity index (χ0v) is 25.6. The molecule has 0 aliphatic carbocycles. The maximum absolute atomic E-state index is 14.2. The van der Waals surface area contributed by atoms with Crippen molar-refractivity contribution in [1.29, 1.82) is 0 Å². The van der Waals surface area contributed by atoms with Crippen molar-refractivity contribution in [2.75, 3.05) is 24.5 Å². The Morgan fingerprint density at radius 2 is 1.54 bits per heavy atom. The first kappa shape index (κ1) is 31.7. The van der Waals surface area contributed by atoms with Gasteiger partial charge in [-0.05, 0) is 79.3 Å². The van der Waals surface area contributed by atoms with Gasteiger partial charge in [0, 0.05) is 13.1 Å². The molecule has 0 radical (unpaired) electrons. The molecule has 3 rings (SSSR count). The van der Waals surface area contributed by atoms with Gasteiger partial charge in [0.25, 0.3) is 10.0 Å². The lowest BCUT2D eigenvalue weighted by molar-refractivity contribution is -0.140. The van der Waals surface area contributed by atoms with Crippen molar-refractivity contribution >= 4 is 27.5 Å². The minimum atomic E-state index is -4.10. The van der Waals surface area contributed by atoms with Crippen LogP contribution in [0.25, 0.3) is 0 Å². The minimum Gasteiger partial charge on any atom is -0.497 e. The highest BCUT2D eigenvalue weighted by Crippen LogP contribution is 2.27. The summed E-state index contributed by atoms with van der Waals surface area (Å²) in [5.41, 5.74) is 2.92. The number of anilines is 1. The summed E-state index contributed by atoms with van der Waals surface area (Å²) in [4.78, 5) is 29.0. The van der Waals surface area contributed by atoms with E-state index < -0.39 is 28.5 Å². The van der Waals surface area contributed by atoms with Crippen molar-refractivity contribution in [3.63, 3.8) is 0 Å². The third-order valence-electron chi connectivity index (χ3n) is 6.69.